The highest BCUT2D eigenvalue weighted by Gasteiger charge is 2.18. The van der Waals surface area contributed by atoms with Crippen molar-refractivity contribution in [3.05, 3.63) is 58.7 Å². The summed E-state index contributed by atoms with van der Waals surface area (Å²) in [6.07, 6.45) is 0. The van der Waals surface area contributed by atoms with E-state index in [0.717, 1.165) is 22.1 Å². The van der Waals surface area contributed by atoms with E-state index in [9.17, 15) is 4.79 Å². The summed E-state index contributed by atoms with van der Waals surface area (Å²) in [7, 11) is 3.13. The minimum Gasteiger partial charge on any atom is -0.497 e. The maximum Gasteiger partial charge on any atom is 0.196 e. The van der Waals surface area contributed by atoms with Gasteiger partial charge in [-0.25, -0.2) is 0 Å². The first-order valence-corrected chi connectivity index (χ1v) is 10.6. The molecule has 30 heavy (non-hydrogen) atoms. The van der Waals surface area contributed by atoms with E-state index < -0.39 is 0 Å². The largest absolute Gasteiger partial charge is 0.497 e. The minimum absolute atomic E-state index is 0.0580. The molecule has 4 aromatic rings. The molecular formula is C23H23N3O3S. The van der Waals surface area contributed by atoms with Crippen LogP contribution in [0.15, 0.2) is 41.6 Å². The Kier molecular flexibility index (Phi) is 5.39. The quantitative estimate of drug-likeness (QED) is 0.329. The van der Waals surface area contributed by atoms with Gasteiger partial charge in [0.1, 0.15) is 11.5 Å². The van der Waals surface area contributed by atoms with Crippen molar-refractivity contribution in [3.8, 4) is 11.5 Å². The fourth-order valence-corrected chi connectivity index (χ4v) is 4.41. The first-order valence-electron chi connectivity index (χ1n) is 9.57. The Labute approximate surface area is 179 Å². The Balaban J connectivity index is 1.74. The molecule has 2 aromatic carbocycles. The third-order valence-electron chi connectivity index (χ3n) is 5.35. The molecule has 0 saturated heterocycles. The van der Waals surface area contributed by atoms with Crippen LogP contribution in [0, 0.1) is 20.8 Å². The summed E-state index contributed by atoms with van der Waals surface area (Å²) in [6.45, 7) is 6.22. The molecule has 0 bridgehead atoms. The zero-order chi connectivity index (χ0) is 21.4. The van der Waals surface area contributed by atoms with E-state index in [1.807, 2.05) is 6.92 Å². The molecule has 0 aliphatic rings. The maximum atomic E-state index is 13.0. The van der Waals surface area contributed by atoms with Gasteiger partial charge in [-0.15, -0.1) is 10.2 Å². The molecule has 0 fully saturated rings. The van der Waals surface area contributed by atoms with Gasteiger partial charge in [0.2, 0.25) is 0 Å². The van der Waals surface area contributed by atoms with Gasteiger partial charge in [0.05, 0.1) is 31.1 Å². The van der Waals surface area contributed by atoms with Crippen LogP contribution in [0.1, 0.15) is 27.0 Å². The third kappa shape index (κ3) is 3.39. The van der Waals surface area contributed by atoms with E-state index in [0.29, 0.717) is 22.2 Å². The highest BCUT2D eigenvalue weighted by Crippen LogP contribution is 2.30. The molecule has 0 saturated carbocycles. The molecule has 2 aromatic heterocycles. The number of hydrogen-bond donors (Lipinski definition) is 0. The number of rotatable bonds is 6. The lowest BCUT2D eigenvalue weighted by Crippen LogP contribution is -2.06. The molecule has 154 valence electrons. The van der Waals surface area contributed by atoms with Crippen molar-refractivity contribution in [2.24, 2.45) is 0 Å². The fourth-order valence-electron chi connectivity index (χ4n) is 3.59. The van der Waals surface area contributed by atoms with Crippen LogP contribution in [0.2, 0.25) is 0 Å². The van der Waals surface area contributed by atoms with E-state index in [2.05, 4.69) is 46.6 Å². The van der Waals surface area contributed by atoms with Crippen LogP contribution in [0.4, 0.5) is 0 Å². The number of thioether (sulfide) groups is 1. The molecule has 7 heteroatoms. The van der Waals surface area contributed by atoms with Crippen molar-refractivity contribution < 1.29 is 14.3 Å². The Hall–Kier alpha value is -3.06. The van der Waals surface area contributed by atoms with Gasteiger partial charge >= 0.3 is 0 Å². The van der Waals surface area contributed by atoms with Gasteiger partial charge in [-0.1, -0.05) is 23.9 Å². The number of carbonyl (C=O) groups is 1. The number of methoxy groups -OCH3 is 2. The molecule has 0 unspecified atom stereocenters. The number of ketones is 1. The van der Waals surface area contributed by atoms with Gasteiger partial charge in [0.25, 0.3) is 0 Å². The van der Waals surface area contributed by atoms with Crippen LogP contribution < -0.4 is 9.47 Å². The standard InChI is InChI=1S/C23H23N3O3S/c1-13-6-7-16-10-14(2)22-24-25-23(26(22)21(16)15(13)3)30-12-19(27)18-11-17(28-4)8-9-20(18)29-5/h6-11H,12H2,1-5H3. The van der Waals surface area contributed by atoms with E-state index in [-0.39, 0.29) is 11.5 Å². The van der Waals surface area contributed by atoms with Crippen molar-refractivity contribution in [3.63, 3.8) is 0 Å². The summed E-state index contributed by atoms with van der Waals surface area (Å²) in [5, 5.41) is 10.6. The molecule has 4 rings (SSSR count). The molecule has 0 amide bonds. The Morgan fingerprint density at radius 2 is 1.80 bits per heavy atom. The average molecular weight is 422 g/mol. The normalized spacial score (nSPS) is 11.2. The first kappa shape index (κ1) is 20.2. The van der Waals surface area contributed by atoms with Crippen LogP contribution in [0.3, 0.4) is 0 Å². The van der Waals surface area contributed by atoms with E-state index >= 15 is 0 Å². The number of nitrogens with zero attached hydrogens (tertiary/aromatic N) is 3. The van der Waals surface area contributed by atoms with E-state index in [1.165, 1.54) is 22.9 Å². The second kappa shape index (κ2) is 7.99. The van der Waals surface area contributed by atoms with Gasteiger partial charge in [0.15, 0.2) is 16.6 Å². The molecule has 2 heterocycles. The number of pyridine rings is 1. The molecular weight excluding hydrogens is 398 g/mol. The zero-order valence-corrected chi connectivity index (χ0v) is 18.5. The molecule has 0 N–H and O–H groups in total. The van der Waals surface area contributed by atoms with Gasteiger partial charge in [0, 0.05) is 0 Å². The van der Waals surface area contributed by atoms with Crippen molar-refractivity contribution in [1.82, 2.24) is 14.6 Å². The number of carbonyl (C=O) groups excluding carboxylic acids is 1. The van der Waals surface area contributed by atoms with Gasteiger partial charge in [-0.3, -0.25) is 9.20 Å². The highest BCUT2D eigenvalue weighted by molar-refractivity contribution is 7.99. The summed E-state index contributed by atoms with van der Waals surface area (Å²) in [5.41, 5.74) is 5.81. The number of benzene rings is 2. The van der Waals surface area contributed by atoms with Crippen molar-refractivity contribution in [1.29, 1.82) is 0 Å². The van der Waals surface area contributed by atoms with Crippen LogP contribution in [-0.4, -0.2) is 40.4 Å². The number of Topliss-reactive ketones (excluding diaryl/α,β-unsaturated/α-hetero) is 1. The summed E-state index contributed by atoms with van der Waals surface area (Å²) in [6, 6.07) is 11.6. The fraction of sp³-hybridized carbons (Fsp3) is 0.261. The van der Waals surface area contributed by atoms with Crippen molar-refractivity contribution in [2.75, 3.05) is 20.0 Å². The number of aryl methyl sites for hydroxylation is 3. The Morgan fingerprint density at radius 1 is 1.00 bits per heavy atom. The Morgan fingerprint density at radius 3 is 2.53 bits per heavy atom. The average Bonchev–Trinajstić information content (AvgIpc) is 3.18. The van der Waals surface area contributed by atoms with E-state index in [1.54, 1.807) is 32.4 Å². The SMILES string of the molecule is COc1ccc(OC)c(C(=O)CSc2nnc3c(C)cc4ccc(C)c(C)c4n23)c1. The maximum absolute atomic E-state index is 13.0. The topological polar surface area (TPSA) is 65.7 Å². The zero-order valence-electron chi connectivity index (χ0n) is 17.6. The smallest absolute Gasteiger partial charge is 0.196 e. The lowest BCUT2D eigenvalue weighted by molar-refractivity contribution is 0.101. The van der Waals surface area contributed by atoms with Gasteiger partial charge in [-0.2, -0.15) is 0 Å². The van der Waals surface area contributed by atoms with Crippen LogP contribution in [-0.2, 0) is 0 Å². The molecule has 0 atom stereocenters. The minimum atomic E-state index is -0.0580. The summed E-state index contributed by atoms with van der Waals surface area (Å²) in [5.74, 6) is 1.30. The number of aromatic nitrogens is 3. The van der Waals surface area contributed by atoms with Crippen molar-refractivity contribution in [2.45, 2.75) is 25.9 Å². The van der Waals surface area contributed by atoms with Crippen LogP contribution in [0.25, 0.3) is 16.6 Å². The molecule has 0 aliphatic heterocycles. The molecule has 0 aliphatic carbocycles. The lowest BCUT2D eigenvalue weighted by Gasteiger charge is -2.12. The summed E-state index contributed by atoms with van der Waals surface area (Å²) in [4.78, 5) is 13.0. The monoisotopic (exact) mass is 421 g/mol. The number of ether oxygens (including phenoxy) is 2. The first-order chi connectivity index (χ1) is 14.4. The number of fused-ring (bicyclic) bond motifs is 3. The molecule has 6 nitrogen and oxygen atoms in total. The highest BCUT2D eigenvalue weighted by atomic mass is 32.2. The Bertz CT molecular complexity index is 1280. The predicted molar refractivity (Wildman–Crippen MR) is 119 cm³/mol. The second-order valence-corrected chi connectivity index (χ2v) is 8.13. The van der Waals surface area contributed by atoms with E-state index in [4.69, 9.17) is 9.47 Å². The summed E-state index contributed by atoms with van der Waals surface area (Å²) < 4.78 is 12.7. The lowest BCUT2D eigenvalue weighted by atomic mass is 10.0. The molecule has 0 spiro atoms. The number of hydrogen-bond acceptors (Lipinski definition) is 6. The van der Waals surface area contributed by atoms with Gasteiger partial charge in [-0.05, 0) is 67.1 Å². The summed E-state index contributed by atoms with van der Waals surface area (Å²) >= 11 is 1.37. The second-order valence-electron chi connectivity index (χ2n) is 7.19. The predicted octanol–water partition coefficient (Wildman–Crippen LogP) is 4.80. The molecule has 0 radical (unpaired) electrons. The van der Waals surface area contributed by atoms with Crippen LogP contribution in [0.5, 0.6) is 11.5 Å². The van der Waals surface area contributed by atoms with Gasteiger partial charge < -0.3 is 9.47 Å². The van der Waals surface area contributed by atoms with Crippen LogP contribution >= 0.6 is 11.8 Å². The third-order valence-corrected chi connectivity index (χ3v) is 6.28. The van der Waals surface area contributed by atoms with Crippen molar-refractivity contribution >= 4 is 34.1 Å².